The van der Waals surface area contributed by atoms with Gasteiger partial charge >= 0.3 is 0 Å². The van der Waals surface area contributed by atoms with Crippen molar-refractivity contribution in [2.45, 2.75) is 32.6 Å². The van der Waals surface area contributed by atoms with Gasteiger partial charge < -0.3 is 14.0 Å². The quantitative estimate of drug-likeness (QED) is 0.610. The zero-order chi connectivity index (χ0) is 20.7. The van der Waals surface area contributed by atoms with Gasteiger partial charge in [0.2, 0.25) is 5.91 Å². The average Bonchev–Trinajstić information content (AvgIpc) is 3.30. The van der Waals surface area contributed by atoms with E-state index in [0.717, 1.165) is 16.6 Å². The predicted octanol–water partition coefficient (Wildman–Crippen LogP) is 4.37. The molecule has 152 valence electrons. The zero-order valence-corrected chi connectivity index (χ0v) is 17.4. The topological polar surface area (TPSA) is 47.2 Å². The number of amides is 1. The van der Waals surface area contributed by atoms with E-state index in [2.05, 4.69) is 0 Å². The number of carbonyl (C=O) groups is 1. The fraction of sp³-hybridized carbons (Fsp3) is 0.333. The summed E-state index contributed by atoms with van der Waals surface area (Å²) in [6.45, 7) is 3.05. The van der Waals surface area contributed by atoms with E-state index in [0.29, 0.717) is 34.9 Å². The number of aryl methyl sites for hydroxylation is 1. The number of rotatable bonds is 4. The van der Waals surface area contributed by atoms with Crippen LogP contribution in [0.5, 0.6) is 0 Å². The lowest BCUT2D eigenvalue weighted by atomic mass is 10.1. The summed E-state index contributed by atoms with van der Waals surface area (Å²) in [4.78, 5) is 27.2. The molecule has 29 heavy (non-hydrogen) atoms. The number of benzene rings is 1. The molecule has 5 nitrogen and oxygen atoms in total. The molecular formula is C21H20Cl2FN3O2. The third-order valence-corrected chi connectivity index (χ3v) is 6.11. The Kier molecular flexibility index (Phi) is 5.40. The van der Waals surface area contributed by atoms with Crippen molar-refractivity contribution in [1.82, 2.24) is 14.0 Å². The molecule has 3 aromatic rings. The van der Waals surface area contributed by atoms with Gasteiger partial charge in [-0.1, -0.05) is 29.3 Å². The summed E-state index contributed by atoms with van der Waals surface area (Å²) in [6.07, 6.45) is 2.89. The van der Waals surface area contributed by atoms with Gasteiger partial charge in [-0.3, -0.25) is 9.59 Å². The van der Waals surface area contributed by atoms with E-state index in [1.54, 1.807) is 18.3 Å². The van der Waals surface area contributed by atoms with Crippen LogP contribution >= 0.6 is 23.2 Å². The lowest BCUT2D eigenvalue weighted by Gasteiger charge is -2.16. The van der Waals surface area contributed by atoms with Crippen LogP contribution in [0.2, 0.25) is 10.0 Å². The summed E-state index contributed by atoms with van der Waals surface area (Å²) in [6, 6.07) is 7.07. The molecule has 1 amide bonds. The maximum Gasteiger partial charge on any atom is 0.261 e. The standard InChI is InChI=1S/C21H20Cl2FN3O2/c1-2-25-11-15(13-3-4-16(22)17(23)9-13)20-18(25)6-8-27(21(20)29)12-19(28)26-7-5-14(24)10-26/h3-4,6,8-9,11,14H,2,5,7,10,12H2,1H3. The molecule has 0 N–H and O–H groups in total. The van der Waals surface area contributed by atoms with Gasteiger partial charge in [0, 0.05) is 31.0 Å². The molecule has 1 unspecified atom stereocenters. The summed E-state index contributed by atoms with van der Waals surface area (Å²) >= 11 is 12.2. The van der Waals surface area contributed by atoms with Gasteiger partial charge in [0.25, 0.3) is 5.56 Å². The number of hydrogen-bond acceptors (Lipinski definition) is 2. The van der Waals surface area contributed by atoms with Gasteiger partial charge in [0.15, 0.2) is 0 Å². The summed E-state index contributed by atoms with van der Waals surface area (Å²) < 4.78 is 16.8. The van der Waals surface area contributed by atoms with Crippen molar-refractivity contribution in [3.63, 3.8) is 0 Å². The van der Waals surface area contributed by atoms with Crippen LogP contribution in [0.3, 0.4) is 0 Å². The molecule has 3 heterocycles. The Labute approximate surface area is 177 Å². The summed E-state index contributed by atoms with van der Waals surface area (Å²) in [7, 11) is 0. The number of carbonyl (C=O) groups excluding carboxylic acids is 1. The Hall–Kier alpha value is -2.31. The smallest absolute Gasteiger partial charge is 0.261 e. The number of likely N-dealkylation sites (tertiary alicyclic amines) is 1. The van der Waals surface area contributed by atoms with Crippen molar-refractivity contribution in [2.75, 3.05) is 13.1 Å². The van der Waals surface area contributed by atoms with Crippen LogP contribution < -0.4 is 5.56 Å². The number of alkyl halides is 1. The van der Waals surface area contributed by atoms with Gasteiger partial charge in [0.1, 0.15) is 12.7 Å². The highest BCUT2D eigenvalue weighted by molar-refractivity contribution is 6.42. The first kappa shape index (κ1) is 20.0. The first-order valence-corrected chi connectivity index (χ1v) is 10.2. The van der Waals surface area contributed by atoms with Gasteiger partial charge in [-0.05, 0) is 37.1 Å². The second-order valence-corrected chi connectivity index (χ2v) is 8.01. The minimum absolute atomic E-state index is 0.0938. The van der Waals surface area contributed by atoms with Crippen LogP contribution in [0.4, 0.5) is 4.39 Å². The summed E-state index contributed by atoms with van der Waals surface area (Å²) in [5.41, 5.74) is 2.03. The van der Waals surface area contributed by atoms with E-state index in [-0.39, 0.29) is 24.6 Å². The molecule has 4 rings (SSSR count). The molecule has 0 spiro atoms. The van der Waals surface area contributed by atoms with Gasteiger partial charge in [-0.2, -0.15) is 0 Å². The Balaban J connectivity index is 1.79. The second kappa shape index (κ2) is 7.84. The van der Waals surface area contributed by atoms with Crippen LogP contribution in [-0.2, 0) is 17.9 Å². The normalized spacial score (nSPS) is 16.7. The van der Waals surface area contributed by atoms with Crippen LogP contribution in [-0.4, -0.2) is 39.2 Å². The van der Waals surface area contributed by atoms with E-state index in [1.807, 2.05) is 29.8 Å². The Morgan fingerprint density at radius 1 is 1.21 bits per heavy atom. The summed E-state index contributed by atoms with van der Waals surface area (Å²) in [5.74, 6) is -0.252. The van der Waals surface area contributed by atoms with Crippen LogP contribution in [0.1, 0.15) is 13.3 Å². The minimum atomic E-state index is -0.988. The van der Waals surface area contributed by atoms with E-state index in [1.165, 1.54) is 9.47 Å². The highest BCUT2D eigenvalue weighted by Gasteiger charge is 2.26. The largest absolute Gasteiger partial charge is 0.347 e. The molecule has 1 aliphatic rings. The number of halogens is 3. The molecule has 0 saturated carbocycles. The monoisotopic (exact) mass is 435 g/mol. The van der Waals surface area contributed by atoms with E-state index >= 15 is 0 Å². The first-order valence-electron chi connectivity index (χ1n) is 9.48. The molecule has 0 bridgehead atoms. The van der Waals surface area contributed by atoms with Gasteiger partial charge in [-0.15, -0.1) is 0 Å². The zero-order valence-electron chi connectivity index (χ0n) is 15.9. The minimum Gasteiger partial charge on any atom is -0.347 e. The maximum absolute atomic E-state index is 13.4. The van der Waals surface area contributed by atoms with Crippen molar-refractivity contribution in [1.29, 1.82) is 0 Å². The lowest BCUT2D eigenvalue weighted by Crippen LogP contribution is -2.35. The number of hydrogen-bond donors (Lipinski definition) is 0. The Morgan fingerprint density at radius 3 is 2.66 bits per heavy atom. The Morgan fingerprint density at radius 2 is 2.00 bits per heavy atom. The van der Waals surface area contributed by atoms with Gasteiger partial charge in [-0.25, -0.2) is 4.39 Å². The molecule has 8 heteroatoms. The third kappa shape index (κ3) is 3.67. The molecule has 1 aromatic carbocycles. The van der Waals surface area contributed by atoms with Crippen molar-refractivity contribution < 1.29 is 9.18 Å². The molecular weight excluding hydrogens is 416 g/mol. The number of pyridine rings is 1. The molecule has 1 aliphatic heterocycles. The fourth-order valence-corrected chi connectivity index (χ4v) is 4.10. The van der Waals surface area contributed by atoms with Crippen LogP contribution in [0, 0.1) is 0 Å². The molecule has 1 fully saturated rings. The highest BCUT2D eigenvalue weighted by atomic mass is 35.5. The number of nitrogens with zero attached hydrogens (tertiary/aromatic N) is 3. The lowest BCUT2D eigenvalue weighted by molar-refractivity contribution is -0.131. The maximum atomic E-state index is 13.4. The number of fused-ring (bicyclic) bond motifs is 1. The molecule has 1 atom stereocenters. The van der Waals surface area contributed by atoms with Crippen LogP contribution in [0.25, 0.3) is 22.0 Å². The highest BCUT2D eigenvalue weighted by Crippen LogP contribution is 2.33. The van der Waals surface area contributed by atoms with Crippen molar-refractivity contribution in [3.8, 4) is 11.1 Å². The van der Waals surface area contributed by atoms with Crippen molar-refractivity contribution >= 4 is 40.0 Å². The third-order valence-electron chi connectivity index (χ3n) is 5.37. The van der Waals surface area contributed by atoms with Crippen molar-refractivity contribution in [2.24, 2.45) is 0 Å². The van der Waals surface area contributed by atoms with Crippen LogP contribution in [0.15, 0.2) is 41.5 Å². The van der Waals surface area contributed by atoms with E-state index < -0.39 is 6.17 Å². The second-order valence-electron chi connectivity index (χ2n) is 7.19. The Bertz CT molecular complexity index is 1150. The van der Waals surface area contributed by atoms with Gasteiger partial charge in [0.05, 0.1) is 27.5 Å². The summed E-state index contributed by atoms with van der Waals surface area (Å²) in [5, 5.41) is 1.36. The first-order chi connectivity index (χ1) is 13.9. The molecule has 2 aromatic heterocycles. The molecule has 1 saturated heterocycles. The predicted molar refractivity (Wildman–Crippen MR) is 113 cm³/mol. The molecule has 0 radical (unpaired) electrons. The van der Waals surface area contributed by atoms with E-state index in [9.17, 15) is 14.0 Å². The van der Waals surface area contributed by atoms with E-state index in [4.69, 9.17) is 23.2 Å². The van der Waals surface area contributed by atoms with Crippen molar-refractivity contribution in [3.05, 3.63) is 57.1 Å². The molecule has 0 aliphatic carbocycles. The fourth-order valence-electron chi connectivity index (χ4n) is 3.81. The SMILES string of the molecule is CCn1cc(-c2ccc(Cl)c(Cl)c2)c2c(=O)n(CC(=O)N3CCC(F)C3)ccc21. The number of aromatic nitrogens is 2. The average molecular weight is 436 g/mol.